The molecule has 0 aromatic heterocycles. The number of aliphatic hydroxyl groups is 1. The molecule has 0 radical (unpaired) electrons. The molecule has 2 aliphatic rings. The average Bonchev–Trinajstić information content (AvgIpc) is 3.00. The average molecular weight is 247 g/mol. The zero-order valence-corrected chi connectivity index (χ0v) is 10.4. The van der Waals surface area contributed by atoms with Crippen LogP contribution < -0.4 is 4.72 Å². The SMILES string of the molecule is O=S(=O)(CC1CC1)NCC1CCC(O)CC1. The van der Waals surface area contributed by atoms with Gasteiger partial charge in [-0.3, -0.25) is 0 Å². The molecule has 0 unspecified atom stereocenters. The van der Waals surface area contributed by atoms with E-state index in [4.69, 9.17) is 0 Å². The van der Waals surface area contributed by atoms with E-state index in [-0.39, 0.29) is 6.10 Å². The molecule has 2 saturated carbocycles. The van der Waals surface area contributed by atoms with Crippen LogP contribution in [0.4, 0.5) is 0 Å². The van der Waals surface area contributed by atoms with Gasteiger partial charge in [-0.15, -0.1) is 0 Å². The number of hydrogen-bond acceptors (Lipinski definition) is 3. The molecule has 0 aliphatic heterocycles. The topological polar surface area (TPSA) is 66.4 Å². The Labute approximate surface area is 97.5 Å². The molecule has 5 heteroatoms. The van der Waals surface area contributed by atoms with Crippen LogP contribution in [0.15, 0.2) is 0 Å². The second-order valence-corrected chi connectivity index (χ2v) is 7.10. The van der Waals surface area contributed by atoms with Crippen molar-refractivity contribution in [3.05, 3.63) is 0 Å². The maximum absolute atomic E-state index is 11.6. The molecule has 2 rings (SSSR count). The van der Waals surface area contributed by atoms with Gasteiger partial charge >= 0.3 is 0 Å². The molecule has 0 aromatic rings. The third-order valence-corrected chi connectivity index (χ3v) is 5.08. The maximum Gasteiger partial charge on any atom is 0.211 e. The summed E-state index contributed by atoms with van der Waals surface area (Å²) in [6, 6.07) is 0. The van der Waals surface area contributed by atoms with Crippen molar-refractivity contribution in [3.8, 4) is 0 Å². The van der Waals surface area contributed by atoms with Crippen LogP contribution >= 0.6 is 0 Å². The summed E-state index contributed by atoms with van der Waals surface area (Å²) in [5.74, 6) is 1.13. The summed E-state index contributed by atoms with van der Waals surface area (Å²) in [7, 11) is -3.04. The van der Waals surface area contributed by atoms with Crippen molar-refractivity contribution in [1.82, 2.24) is 4.72 Å². The molecular weight excluding hydrogens is 226 g/mol. The van der Waals surface area contributed by atoms with Gasteiger partial charge in [-0.1, -0.05) is 0 Å². The lowest BCUT2D eigenvalue weighted by Gasteiger charge is -2.25. The Kier molecular flexibility index (Phi) is 3.87. The Morgan fingerprint density at radius 2 is 1.56 bits per heavy atom. The summed E-state index contributed by atoms with van der Waals surface area (Å²) in [6.45, 7) is 0.557. The van der Waals surface area contributed by atoms with E-state index in [0.29, 0.717) is 24.1 Å². The molecule has 0 heterocycles. The van der Waals surface area contributed by atoms with Gasteiger partial charge in [0.25, 0.3) is 0 Å². The lowest BCUT2D eigenvalue weighted by Crippen LogP contribution is -2.34. The first-order chi connectivity index (χ1) is 7.55. The molecule has 0 saturated heterocycles. The van der Waals surface area contributed by atoms with Gasteiger partial charge in [-0.05, 0) is 50.4 Å². The number of aliphatic hydroxyl groups excluding tert-OH is 1. The number of hydrogen-bond donors (Lipinski definition) is 2. The molecular formula is C11H21NO3S. The van der Waals surface area contributed by atoms with Crippen LogP contribution in [0.5, 0.6) is 0 Å². The summed E-state index contributed by atoms with van der Waals surface area (Å²) >= 11 is 0. The van der Waals surface area contributed by atoms with Gasteiger partial charge in [0.1, 0.15) is 0 Å². The van der Waals surface area contributed by atoms with Gasteiger partial charge in [0.05, 0.1) is 11.9 Å². The predicted octanol–water partition coefficient (Wildman–Crippen LogP) is 0.867. The molecule has 0 bridgehead atoms. The van der Waals surface area contributed by atoms with E-state index >= 15 is 0 Å². The van der Waals surface area contributed by atoms with E-state index in [0.717, 1.165) is 38.5 Å². The minimum Gasteiger partial charge on any atom is -0.393 e. The normalized spacial score (nSPS) is 31.6. The van der Waals surface area contributed by atoms with Crippen molar-refractivity contribution in [1.29, 1.82) is 0 Å². The summed E-state index contributed by atoms with van der Waals surface area (Å²) in [6.07, 6.45) is 5.47. The van der Waals surface area contributed by atoms with E-state index in [1.54, 1.807) is 0 Å². The zero-order valence-electron chi connectivity index (χ0n) is 9.56. The maximum atomic E-state index is 11.6. The monoisotopic (exact) mass is 247 g/mol. The smallest absolute Gasteiger partial charge is 0.211 e. The zero-order chi connectivity index (χ0) is 11.6. The van der Waals surface area contributed by atoms with Crippen molar-refractivity contribution >= 4 is 10.0 Å². The quantitative estimate of drug-likeness (QED) is 0.757. The van der Waals surface area contributed by atoms with Crippen LogP contribution in [0.1, 0.15) is 38.5 Å². The molecule has 0 aromatic carbocycles. The Morgan fingerprint density at radius 3 is 2.12 bits per heavy atom. The van der Waals surface area contributed by atoms with Crippen LogP contribution in [0, 0.1) is 11.8 Å². The molecule has 0 amide bonds. The first kappa shape index (κ1) is 12.3. The van der Waals surface area contributed by atoms with Gasteiger partial charge in [0.15, 0.2) is 0 Å². The Hall–Kier alpha value is -0.130. The van der Waals surface area contributed by atoms with E-state index < -0.39 is 10.0 Å². The van der Waals surface area contributed by atoms with Gasteiger partial charge in [-0.2, -0.15) is 0 Å². The minimum atomic E-state index is -3.04. The highest BCUT2D eigenvalue weighted by Crippen LogP contribution is 2.30. The molecule has 2 fully saturated rings. The predicted molar refractivity (Wildman–Crippen MR) is 62.5 cm³/mol. The highest BCUT2D eigenvalue weighted by molar-refractivity contribution is 7.89. The third-order valence-electron chi connectivity index (χ3n) is 3.56. The Balaban J connectivity index is 1.69. The molecule has 2 N–H and O–H groups in total. The fourth-order valence-electron chi connectivity index (χ4n) is 2.25. The van der Waals surface area contributed by atoms with E-state index in [1.807, 2.05) is 0 Å². The van der Waals surface area contributed by atoms with Crippen LogP contribution in [0.3, 0.4) is 0 Å². The first-order valence-electron chi connectivity index (χ1n) is 6.20. The summed E-state index contributed by atoms with van der Waals surface area (Å²) in [4.78, 5) is 0. The molecule has 4 nitrogen and oxygen atoms in total. The molecule has 94 valence electrons. The minimum absolute atomic E-state index is 0.167. The van der Waals surface area contributed by atoms with Gasteiger partial charge < -0.3 is 5.11 Å². The van der Waals surface area contributed by atoms with Crippen molar-refractivity contribution in [2.75, 3.05) is 12.3 Å². The van der Waals surface area contributed by atoms with Crippen LogP contribution in [0.25, 0.3) is 0 Å². The van der Waals surface area contributed by atoms with Crippen molar-refractivity contribution in [3.63, 3.8) is 0 Å². The molecule has 0 atom stereocenters. The summed E-state index contributed by atoms with van der Waals surface area (Å²) < 4.78 is 26.0. The Morgan fingerprint density at radius 1 is 1.00 bits per heavy atom. The molecule has 16 heavy (non-hydrogen) atoms. The van der Waals surface area contributed by atoms with Crippen molar-refractivity contribution in [2.24, 2.45) is 11.8 Å². The van der Waals surface area contributed by atoms with Gasteiger partial charge in [-0.25, -0.2) is 13.1 Å². The lowest BCUT2D eigenvalue weighted by molar-refractivity contribution is 0.109. The van der Waals surface area contributed by atoms with Crippen molar-refractivity contribution in [2.45, 2.75) is 44.6 Å². The Bertz CT molecular complexity index is 316. The lowest BCUT2D eigenvalue weighted by atomic mass is 9.88. The highest BCUT2D eigenvalue weighted by Gasteiger charge is 2.28. The summed E-state index contributed by atoms with van der Waals surface area (Å²) in [5.41, 5.74) is 0. The summed E-state index contributed by atoms with van der Waals surface area (Å²) in [5, 5.41) is 9.34. The highest BCUT2D eigenvalue weighted by atomic mass is 32.2. The van der Waals surface area contributed by atoms with Crippen LogP contribution in [-0.4, -0.2) is 31.9 Å². The van der Waals surface area contributed by atoms with E-state index in [2.05, 4.69) is 4.72 Å². The van der Waals surface area contributed by atoms with Gasteiger partial charge in [0, 0.05) is 6.54 Å². The molecule has 0 spiro atoms. The van der Waals surface area contributed by atoms with Gasteiger partial charge in [0.2, 0.25) is 10.0 Å². The van der Waals surface area contributed by atoms with Crippen LogP contribution in [0.2, 0.25) is 0 Å². The fraction of sp³-hybridized carbons (Fsp3) is 1.00. The van der Waals surface area contributed by atoms with E-state index in [9.17, 15) is 13.5 Å². The first-order valence-corrected chi connectivity index (χ1v) is 7.86. The van der Waals surface area contributed by atoms with Crippen LogP contribution in [-0.2, 0) is 10.0 Å². The standard InChI is InChI=1S/C11H21NO3S/c13-11-5-3-9(4-6-11)7-12-16(14,15)8-10-1-2-10/h9-13H,1-8H2. The second-order valence-electron chi connectivity index (χ2n) is 5.25. The van der Waals surface area contributed by atoms with Crippen molar-refractivity contribution < 1.29 is 13.5 Å². The van der Waals surface area contributed by atoms with E-state index in [1.165, 1.54) is 0 Å². The third kappa shape index (κ3) is 4.03. The number of rotatable bonds is 5. The number of sulfonamides is 1. The largest absolute Gasteiger partial charge is 0.393 e. The molecule has 2 aliphatic carbocycles. The number of nitrogens with one attached hydrogen (secondary N) is 1. The fourth-order valence-corrected chi connectivity index (χ4v) is 3.81. The second kappa shape index (κ2) is 5.02.